The van der Waals surface area contributed by atoms with E-state index in [2.05, 4.69) is 0 Å². The first kappa shape index (κ1) is 31.2. The molecule has 1 saturated carbocycles. The molecule has 3 aromatic carbocycles. The number of rotatable bonds is 3. The molecule has 9 nitrogen and oxygen atoms in total. The zero-order chi connectivity index (χ0) is 33.9. The molecule has 4 aromatic rings. The van der Waals surface area contributed by atoms with Crippen LogP contribution in [0.1, 0.15) is 23.9 Å². The number of carbonyl (C=O) groups excluding carboxylic acids is 2. The highest BCUT2D eigenvalue weighted by molar-refractivity contribution is 6.58. The standard InChI is InChI=1S/C30H16Cl3F5N4O5/c31-12-6-7-17(43)15(10-12)18-14-8-9-39-27(46)40(13-4-2-1-3-5-13)28(47)42(39)16(14)11-29(32)25(44)41(26(45)30(18,29)33)24-22(37)20(35)19(34)21(36)23(24)38/h1-8,10,16,18,43H,9,11H2/t16-,18-,29-,30+/m1/s1. The van der Waals surface area contributed by atoms with Gasteiger partial charge in [-0.25, -0.2) is 50.4 Å². The van der Waals surface area contributed by atoms with Crippen molar-refractivity contribution >= 4 is 52.3 Å². The van der Waals surface area contributed by atoms with Gasteiger partial charge in [-0.3, -0.25) is 9.59 Å². The number of fused-ring (bicyclic) bond motifs is 4. The van der Waals surface area contributed by atoms with Gasteiger partial charge in [-0.05, 0) is 35.9 Å². The van der Waals surface area contributed by atoms with E-state index in [9.17, 15) is 37.5 Å². The van der Waals surface area contributed by atoms with Gasteiger partial charge >= 0.3 is 11.4 Å². The molecule has 1 aliphatic carbocycles. The third kappa shape index (κ3) is 3.88. The summed E-state index contributed by atoms with van der Waals surface area (Å²) < 4.78 is 75.7. The Morgan fingerprint density at radius 3 is 2.06 bits per heavy atom. The fourth-order valence-corrected chi connectivity index (χ4v) is 7.82. The number of hydrogen-bond donors (Lipinski definition) is 1. The Labute approximate surface area is 274 Å². The van der Waals surface area contributed by atoms with Crippen molar-refractivity contribution in [3.8, 4) is 11.4 Å². The van der Waals surface area contributed by atoms with Gasteiger partial charge in [0.2, 0.25) is 5.82 Å². The number of para-hydroxylation sites is 1. The lowest BCUT2D eigenvalue weighted by Gasteiger charge is -2.49. The monoisotopic (exact) mass is 712 g/mol. The molecule has 0 radical (unpaired) electrons. The largest absolute Gasteiger partial charge is 0.508 e. The van der Waals surface area contributed by atoms with E-state index in [-0.39, 0.29) is 33.3 Å². The second-order valence-corrected chi connectivity index (χ2v) is 12.8. The first-order valence-corrected chi connectivity index (χ1v) is 14.8. The van der Waals surface area contributed by atoms with Crippen LogP contribution in [0.3, 0.4) is 0 Å². The number of hydrogen-bond acceptors (Lipinski definition) is 5. The molecule has 242 valence electrons. The summed E-state index contributed by atoms with van der Waals surface area (Å²) >= 11 is 20.2. The number of amides is 2. The molecule has 1 aromatic heterocycles. The predicted octanol–water partition coefficient (Wildman–Crippen LogP) is 5.05. The van der Waals surface area contributed by atoms with Gasteiger partial charge in [-0.15, -0.1) is 23.2 Å². The van der Waals surface area contributed by atoms with E-state index in [4.69, 9.17) is 34.8 Å². The van der Waals surface area contributed by atoms with Crippen molar-refractivity contribution in [3.63, 3.8) is 0 Å². The summed E-state index contributed by atoms with van der Waals surface area (Å²) in [6, 6.07) is 10.00. The molecule has 7 rings (SSSR count). The lowest BCUT2D eigenvalue weighted by molar-refractivity contribution is -0.122. The summed E-state index contributed by atoms with van der Waals surface area (Å²) in [6.07, 6.45) is 0.627. The summed E-state index contributed by atoms with van der Waals surface area (Å²) in [5.41, 5.74) is -3.57. The molecule has 17 heteroatoms. The fraction of sp³-hybridized carbons (Fsp3) is 0.200. The highest BCUT2D eigenvalue weighted by Crippen LogP contribution is 2.65. The van der Waals surface area contributed by atoms with Crippen LogP contribution in [0.15, 0.2) is 69.8 Å². The van der Waals surface area contributed by atoms with Crippen molar-refractivity contribution in [2.45, 2.75) is 34.7 Å². The minimum absolute atomic E-state index is 0.00512. The Balaban J connectivity index is 1.51. The van der Waals surface area contributed by atoms with E-state index in [0.29, 0.717) is 0 Å². The van der Waals surface area contributed by atoms with Crippen LogP contribution in [0.25, 0.3) is 5.69 Å². The van der Waals surface area contributed by atoms with E-state index in [1.165, 1.54) is 30.3 Å². The molecule has 3 heterocycles. The maximum Gasteiger partial charge on any atom is 0.352 e. The maximum absolute atomic E-state index is 15.1. The van der Waals surface area contributed by atoms with Crippen molar-refractivity contribution in [3.05, 3.63) is 121 Å². The maximum atomic E-state index is 15.1. The number of alkyl halides is 2. The lowest BCUT2D eigenvalue weighted by atomic mass is 9.64. The molecule has 4 atom stereocenters. The van der Waals surface area contributed by atoms with Crippen molar-refractivity contribution in [1.29, 1.82) is 0 Å². The SMILES string of the molecule is O=C1N(c2c(F)c(F)c(F)c(F)c2F)C(=O)[C@@]2(Cl)[C@@H](c3cc(Cl)ccc3O)C3=CCn4c(=O)n(-c5ccccc5)c(=O)n4[C@@H]3C[C@@]12Cl. The van der Waals surface area contributed by atoms with E-state index in [1.54, 1.807) is 18.2 Å². The van der Waals surface area contributed by atoms with Gasteiger partial charge in [0.05, 0.1) is 18.3 Å². The van der Waals surface area contributed by atoms with Gasteiger partial charge < -0.3 is 5.11 Å². The molecule has 3 aliphatic rings. The number of allylic oxidation sites excluding steroid dienone is 2. The Kier molecular flexibility index (Phi) is 6.84. The highest BCUT2D eigenvalue weighted by atomic mass is 35.5. The highest BCUT2D eigenvalue weighted by Gasteiger charge is 2.76. The first-order valence-electron chi connectivity index (χ1n) is 13.6. The number of benzene rings is 3. The molecule has 0 spiro atoms. The van der Waals surface area contributed by atoms with Crippen LogP contribution in [0, 0.1) is 29.1 Å². The fourth-order valence-electron chi connectivity index (χ4n) is 6.73. The number of nitrogens with zero attached hydrogens (tertiary/aromatic N) is 4. The Bertz CT molecular complexity index is 2210. The van der Waals surface area contributed by atoms with Gasteiger partial charge in [0.1, 0.15) is 11.4 Å². The van der Waals surface area contributed by atoms with Crippen LogP contribution in [0.4, 0.5) is 27.6 Å². The summed E-state index contributed by atoms with van der Waals surface area (Å²) in [4.78, 5) is 49.9. The van der Waals surface area contributed by atoms with E-state index in [1.807, 2.05) is 0 Å². The average Bonchev–Trinajstić information content (AvgIpc) is 3.39. The summed E-state index contributed by atoms with van der Waals surface area (Å²) in [5.74, 6) is -18.0. The van der Waals surface area contributed by atoms with Crippen molar-refractivity contribution < 1.29 is 36.6 Å². The Morgan fingerprint density at radius 1 is 0.809 bits per heavy atom. The number of carbonyl (C=O) groups is 2. The van der Waals surface area contributed by atoms with Crippen LogP contribution < -0.4 is 16.3 Å². The smallest absolute Gasteiger partial charge is 0.352 e. The molecule has 2 fully saturated rings. The number of phenols is 1. The number of imide groups is 1. The number of aromatic hydroxyl groups is 1. The zero-order valence-electron chi connectivity index (χ0n) is 23.2. The van der Waals surface area contributed by atoms with Crippen LogP contribution in [-0.2, 0) is 16.1 Å². The molecule has 1 N–H and O–H groups in total. The first-order chi connectivity index (χ1) is 22.2. The molecular weight excluding hydrogens is 698 g/mol. The van der Waals surface area contributed by atoms with Crippen LogP contribution in [-0.4, -0.2) is 40.6 Å². The zero-order valence-corrected chi connectivity index (χ0v) is 25.4. The quantitative estimate of drug-likeness (QED) is 0.0799. The number of phenolic OH excluding ortho intramolecular Hbond substituents is 1. The van der Waals surface area contributed by atoms with Crippen molar-refractivity contribution in [2.75, 3.05) is 4.90 Å². The summed E-state index contributed by atoms with van der Waals surface area (Å²) in [5, 5.41) is 11.0. The molecular formula is C30H16Cl3F5N4O5. The van der Waals surface area contributed by atoms with E-state index >= 15 is 8.78 Å². The molecule has 0 unspecified atom stereocenters. The molecule has 1 saturated heterocycles. The van der Waals surface area contributed by atoms with Crippen molar-refractivity contribution in [1.82, 2.24) is 13.9 Å². The third-order valence-electron chi connectivity index (χ3n) is 8.80. The number of halogens is 8. The Morgan fingerprint density at radius 2 is 1.43 bits per heavy atom. The second-order valence-electron chi connectivity index (χ2n) is 11.1. The molecule has 2 amide bonds. The minimum Gasteiger partial charge on any atom is -0.508 e. The third-order valence-corrected chi connectivity index (χ3v) is 10.5. The normalized spacial score (nSPS) is 25.0. The van der Waals surface area contributed by atoms with Crippen molar-refractivity contribution in [2.24, 2.45) is 0 Å². The molecule has 47 heavy (non-hydrogen) atoms. The second kappa shape index (κ2) is 10.3. The molecule has 2 aliphatic heterocycles. The summed E-state index contributed by atoms with van der Waals surface area (Å²) in [6.45, 7) is -0.288. The number of aromatic nitrogens is 3. The average molecular weight is 714 g/mol. The predicted molar refractivity (Wildman–Crippen MR) is 158 cm³/mol. The minimum atomic E-state index is -2.82. The van der Waals surface area contributed by atoms with E-state index in [0.717, 1.165) is 20.0 Å². The van der Waals surface area contributed by atoms with Gasteiger partial charge in [0.25, 0.3) is 11.8 Å². The molecule has 0 bridgehead atoms. The topological polar surface area (TPSA) is 107 Å². The van der Waals surface area contributed by atoms with Crippen LogP contribution in [0.5, 0.6) is 5.75 Å². The summed E-state index contributed by atoms with van der Waals surface area (Å²) in [7, 11) is 0. The van der Waals surface area contributed by atoms with Gasteiger partial charge in [0, 0.05) is 22.9 Å². The van der Waals surface area contributed by atoms with Crippen LogP contribution >= 0.6 is 34.8 Å². The number of anilines is 1. The van der Waals surface area contributed by atoms with Gasteiger partial charge in [0.15, 0.2) is 33.0 Å². The van der Waals surface area contributed by atoms with E-state index < -0.39 is 91.8 Å². The lowest BCUT2D eigenvalue weighted by Crippen LogP contribution is -2.59. The van der Waals surface area contributed by atoms with Crippen LogP contribution in [0.2, 0.25) is 5.02 Å². The van der Waals surface area contributed by atoms with Gasteiger partial charge in [-0.2, -0.15) is 0 Å². The van der Waals surface area contributed by atoms with Gasteiger partial charge in [-0.1, -0.05) is 35.9 Å². The Hall–Kier alpha value is -4.40.